The van der Waals surface area contributed by atoms with Crippen LogP contribution in [0.25, 0.3) is 0 Å². The third-order valence-corrected chi connectivity index (χ3v) is 4.44. The van der Waals surface area contributed by atoms with E-state index >= 15 is 0 Å². The normalized spacial score (nSPS) is 15.7. The Morgan fingerprint density at radius 2 is 1.77 bits per heavy atom. The van der Waals surface area contributed by atoms with E-state index in [-0.39, 0.29) is 23.9 Å². The molecule has 1 atom stereocenters. The molecule has 11 heteroatoms. The number of aliphatic carboxylic acids is 1. The molecular formula is C19H21F4N3O4. The maximum Gasteiger partial charge on any atom is 0.490 e. The van der Waals surface area contributed by atoms with Crippen LogP contribution in [0.1, 0.15) is 25.8 Å². The first kappa shape index (κ1) is 23.2. The number of imidazole rings is 1. The maximum atomic E-state index is 12.9. The minimum atomic E-state index is -5.08. The smallest absolute Gasteiger partial charge is 0.490 e. The van der Waals surface area contributed by atoms with E-state index in [1.165, 1.54) is 12.1 Å². The van der Waals surface area contributed by atoms with Gasteiger partial charge in [0.05, 0.1) is 6.33 Å². The van der Waals surface area contributed by atoms with Crippen LogP contribution in [0.3, 0.4) is 0 Å². The number of piperidine rings is 1. The molecule has 1 amide bonds. The van der Waals surface area contributed by atoms with Crippen LogP contribution in [0.2, 0.25) is 0 Å². The lowest BCUT2D eigenvalue weighted by atomic mass is 10.1. The van der Waals surface area contributed by atoms with Gasteiger partial charge in [-0.05, 0) is 31.2 Å². The molecule has 1 unspecified atom stereocenters. The van der Waals surface area contributed by atoms with Crippen molar-refractivity contribution in [3.05, 3.63) is 48.8 Å². The number of hydrogen-bond acceptors (Lipinski definition) is 4. The van der Waals surface area contributed by atoms with Crippen LogP contribution in [-0.2, 0) is 9.59 Å². The Kier molecular flexibility index (Phi) is 7.79. The van der Waals surface area contributed by atoms with Gasteiger partial charge in [0.2, 0.25) is 5.91 Å². The first-order chi connectivity index (χ1) is 14.1. The fourth-order valence-corrected chi connectivity index (χ4v) is 2.79. The largest absolute Gasteiger partial charge is 0.490 e. The number of rotatable bonds is 4. The second-order valence-electron chi connectivity index (χ2n) is 6.59. The summed E-state index contributed by atoms with van der Waals surface area (Å²) >= 11 is 0. The van der Waals surface area contributed by atoms with E-state index in [0.717, 1.165) is 12.8 Å². The molecule has 0 spiro atoms. The van der Waals surface area contributed by atoms with Gasteiger partial charge in [0.15, 0.2) is 0 Å². The molecule has 0 bridgehead atoms. The van der Waals surface area contributed by atoms with Crippen LogP contribution in [0.5, 0.6) is 5.75 Å². The molecule has 7 nitrogen and oxygen atoms in total. The van der Waals surface area contributed by atoms with Gasteiger partial charge in [-0.15, -0.1) is 0 Å². The number of hydrogen-bond donors (Lipinski definition) is 1. The Hall–Kier alpha value is -3.11. The molecule has 1 aliphatic rings. The van der Waals surface area contributed by atoms with E-state index in [1.54, 1.807) is 30.9 Å². The number of carbonyl (C=O) groups excluding carboxylic acids is 1. The van der Waals surface area contributed by atoms with Crippen LogP contribution in [0, 0.1) is 5.82 Å². The van der Waals surface area contributed by atoms with Crippen LogP contribution in [0.15, 0.2) is 43.0 Å². The molecule has 164 valence electrons. The summed E-state index contributed by atoms with van der Waals surface area (Å²) in [5.41, 5.74) is 0. The molecule has 2 aromatic rings. The third-order valence-electron chi connectivity index (χ3n) is 4.44. The van der Waals surface area contributed by atoms with Crippen molar-refractivity contribution >= 4 is 11.9 Å². The quantitative estimate of drug-likeness (QED) is 0.751. The zero-order chi connectivity index (χ0) is 22.3. The third kappa shape index (κ3) is 6.75. The van der Waals surface area contributed by atoms with Gasteiger partial charge in [-0.3, -0.25) is 4.79 Å². The molecule has 0 saturated carbocycles. The Labute approximate surface area is 169 Å². The van der Waals surface area contributed by atoms with Crippen LogP contribution in [0.4, 0.5) is 17.6 Å². The van der Waals surface area contributed by atoms with E-state index < -0.39 is 12.1 Å². The van der Waals surface area contributed by atoms with Gasteiger partial charge in [-0.25, -0.2) is 14.2 Å². The number of benzene rings is 1. The summed E-state index contributed by atoms with van der Waals surface area (Å²) < 4.78 is 52.3. The van der Waals surface area contributed by atoms with Gasteiger partial charge in [0.25, 0.3) is 0 Å². The Balaban J connectivity index is 0.000000396. The highest BCUT2D eigenvalue weighted by molar-refractivity contribution is 5.80. The number of carboxylic acid groups (broad SMARTS) is 1. The number of nitrogens with zero attached hydrogens (tertiary/aromatic N) is 3. The molecule has 0 aliphatic carbocycles. The lowest BCUT2D eigenvalue weighted by Gasteiger charge is -2.33. The molecule has 1 aliphatic heterocycles. The minimum absolute atomic E-state index is 0.0630. The molecule has 3 rings (SSSR count). The van der Waals surface area contributed by atoms with Crippen molar-refractivity contribution in [3.63, 3.8) is 0 Å². The van der Waals surface area contributed by atoms with Crippen molar-refractivity contribution < 1.29 is 37.0 Å². The number of carbonyl (C=O) groups is 2. The number of carboxylic acids is 1. The monoisotopic (exact) mass is 431 g/mol. The number of likely N-dealkylation sites (tertiary alicyclic amines) is 1. The summed E-state index contributed by atoms with van der Waals surface area (Å²) in [4.78, 5) is 27.2. The van der Waals surface area contributed by atoms with Crippen molar-refractivity contribution in [2.24, 2.45) is 0 Å². The van der Waals surface area contributed by atoms with Gasteiger partial charge in [-0.1, -0.05) is 0 Å². The molecule has 1 saturated heterocycles. The maximum absolute atomic E-state index is 12.9. The molecular weight excluding hydrogens is 410 g/mol. The molecule has 1 N–H and O–H groups in total. The van der Waals surface area contributed by atoms with E-state index in [1.807, 2.05) is 16.4 Å². The number of amides is 1. The number of alkyl halides is 3. The zero-order valence-corrected chi connectivity index (χ0v) is 16.1. The molecule has 1 fully saturated rings. The average molecular weight is 431 g/mol. The molecule has 30 heavy (non-hydrogen) atoms. The van der Waals surface area contributed by atoms with Crippen molar-refractivity contribution in [2.75, 3.05) is 13.1 Å². The topological polar surface area (TPSA) is 84.7 Å². The standard InChI is InChI=1S/C17H20FN3O2.C2HF3O2/c1-13(21-11-8-19-12-21)17(22)20-9-6-16(7-10-20)23-15-4-2-14(18)3-5-15;3-2(4,5)1(6)7/h2-5,8,11-13,16H,6-7,9-10H2,1H3;(H,6,7). The van der Waals surface area contributed by atoms with Crippen molar-refractivity contribution in [3.8, 4) is 5.75 Å². The lowest BCUT2D eigenvalue weighted by Crippen LogP contribution is -2.44. The van der Waals surface area contributed by atoms with Crippen molar-refractivity contribution in [2.45, 2.75) is 38.1 Å². The second kappa shape index (κ2) is 10.1. The Morgan fingerprint density at radius 3 is 2.23 bits per heavy atom. The van der Waals surface area contributed by atoms with E-state index in [9.17, 15) is 22.4 Å². The number of halogens is 4. The molecule has 1 aromatic heterocycles. The Morgan fingerprint density at radius 1 is 1.20 bits per heavy atom. The van der Waals surface area contributed by atoms with E-state index in [0.29, 0.717) is 18.8 Å². The zero-order valence-electron chi connectivity index (χ0n) is 16.1. The van der Waals surface area contributed by atoms with Gasteiger partial charge in [0.1, 0.15) is 23.7 Å². The van der Waals surface area contributed by atoms with Crippen molar-refractivity contribution in [1.29, 1.82) is 0 Å². The highest BCUT2D eigenvalue weighted by Gasteiger charge is 2.38. The summed E-state index contributed by atoms with van der Waals surface area (Å²) in [6, 6.07) is 5.80. The van der Waals surface area contributed by atoms with E-state index in [2.05, 4.69) is 4.98 Å². The minimum Gasteiger partial charge on any atom is -0.490 e. The molecule has 2 heterocycles. The molecule has 0 radical (unpaired) electrons. The van der Waals surface area contributed by atoms with Crippen molar-refractivity contribution in [1.82, 2.24) is 14.5 Å². The summed E-state index contributed by atoms with van der Waals surface area (Å²) in [6.07, 6.45) is 1.67. The van der Waals surface area contributed by atoms with Crippen LogP contribution < -0.4 is 4.74 Å². The van der Waals surface area contributed by atoms with Crippen LogP contribution >= 0.6 is 0 Å². The second-order valence-corrected chi connectivity index (χ2v) is 6.59. The van der Waals surface area contributed by atoms with Crippen LogP contribution in [-0.4, -0.2) is 56.8 Å². The lowest BCUT2D eigenvalue weighted by molar-refractivity contribution is -0.192. The summed E-state index contributed by atoms with van der Waals surface area (Å²) in [7, 11) is 0. The fraction of sp³-hybridized carbons (Fsp3) is 0.421. The molecule has 1 aromatic carbocycles. The van der Waals surface area contributed by atoms with Gasteiger partial charge in [-0.2, -0.15) is 13.2 Å². The average Bonchev–Trinajstić information content (AvgIpc) is 3.24. The van der Waals surface area contributed by atoms with E-state index in [4.69, 9.17) is 14.6 Å². The van der Waals surface area contributed by atoms with Gasteiger partial charge in [0, 0.05) is 38.3 Å². The number of aromatic nitrogens is 2. The summed E-state index contributed by atoms with van der Waals surface area (Å²) in [5.74, 6) is -2.26. The van der Waals surface area contributed by atoms with Gasteiger partial charge < -0.3 is 19.3 Å². The van der Waals surface area contributed by atoms with Gasteiger partial charge >= 0.3 is 12.1 Å². The highest BCUT2D eigenvalue weighted by Crippen LogP contribution is 2.21. The first-order valence-electron chi connectivity index (χ1n) is 9.06. The summed E-state index contributed by atoms with van der Waals surface area (Å²) in [5, 5.41) is 7.12. The fourth-order valence-electron chi connectivity index (χ4n) is 2.79. The summed E-state index contributed by atoms with van der Waals surface area (Å²) in [6.45, 7) is 3.22. The predicted octanol–water partition coefficient (Wildman–Crippen LogP) is 3.29. The SMILES string of the molecule is CC(C(=O)N1CCC(Oc2ccc(F)cc2)CC1)n1ccnc1.O=C(O)C(F)(F)F. The Bertz CT molecular complexity index is 817. The highest BCUT2D eigenvalue weighted by atomic mass is 19.4. The number of ether oxygens (including phenoxy) is 1. The first-order valence-corrected chi connectivity index (χ1v) is 9.06. The predicted molar refractivity (Wildman–Crippen MR) is 97.3 cm³/mol.